The van der Waals surface area contributed by atoms with Gasteiger partial charge in [0.25, 0.3) is 0 Å². The van der Waals surface area contributed by atoms with Gasteiger partial charge in [-0.15, -0.1) is 0 Å². The molecule has 1 aromatic rings. The van der Waals surface area contributed by atoms with Crippen molar-refractivity contribution in [1.29, 1.82) is 0 Å². The number of benzene rings is 1. The lowest BCUT2D eigenvalue weighted by Gasteiger charge is -2.68. The van der Waals surface area contributed by atoms with Gasteiger partial charge in [0, 0.05) is 43.5 Å². The van der Waals surface area contributed by atoms with E-state index in [1.807, 2.05) is 24.8 Å². The maximum absolute atomic E-state index is 12.9. The van der Waals surface area contributed by atoms with E-state index in [4.69, 9.17) is 9.47 Å². The van der Waals surface area contributed by atoms with Crippen LogP contribution in [0.15, 0.2) is 24.3 Å². The molecular weight excluding hydrogens is 430 g/mol. The number of aliphatic hydroxyl groups is 1. The van der Waals surface area contributed by atoms with Crippen LogP contribution in [0.3, 0.4) is 0 Å². The van der Waals surface area contributed by atoms with Crippen LogP contribution in [0.4, 0.5) is 0 Å². The van der Waals surface area contributed by atoms with Crippen LogP contribution in [0.5, 0.6) is 11.5 Å². The summed E-state index contributed by atoms with van der Waals surface area (Å²) in [7, 11) is 1.70. The minimum absolute atomic E-state index is 0.0554. The van der Waals surface area contributed by atoms with Crippen molar-refractivity contribution in [2.75, 3.05) is 13.7 Å². The molecule has 2 bridgehead atoms. The van der Waals surface area contributed by atoms with Crippen LogP contribution < -0.4 is 4.74 Å². The Bertz CT molecular complexity index is 1060. The molecule has 2 fully saturated rings. The van der Waals surface area contributed by atoms with Crippen LogP contribution in [-0.4, -0.2) is 58.5 Å². The van der Waals surface area contributed by atoms with E-state index < -0.39 is 21.8 Å². The number of aromatic hydroxyl groups is 1. The number of methoxy groups -OCH3 is 1. The lowest BCUT2D eigenvalue weighted by molar-refractivity contribution is -0.223. The Morgan fingerprint density at radius 2 is 2.00 bits per heavy atom. The molecule has 5 rings (SSSR count). The van der Waals surface area contributed by atoms with E-state index >= 15 is 0 Å². The number of ether oxygens (including phenoxy) is 2. The molecule has 2 N–H and O–H groups in total. The summed E-state index contributed by atoms with van der Waals surface area (Å²) in [5.41, 5.74) is -0.119. The fraction of sp³-hybridized carbons (Fsp3) is 0.679. The molecule has 2 aliphatic carbocycles. The van der Waals surface area contributed by atoms with Crippen LogP contribution in [0.25, 0.3) is 0 Å². The molecule has 34 heavy (non-hydrogen) atoms. The number of nitrogens with zero attached hydrogens (tertiary/aromatic N) is 1. The highest BCUT2D eigenvalue weighted by Crippen LogP contribution is 2.71. The summed E-state index contributed by atoms with van der Waals surface area (Å²) in [5, 5.41) is 22.9. The number of phenolic OH excluding ortho intramolecular Hbond substituents is 1. The number of rotatable bonds is 3. The number of phenols is 1. The maximum atomic E-state index is 12.9. The van der Waals surface area contributed by atoms with Gasteiger partial charge in [-0.1, -0.05) is 39.0 Å². The summed E-state index contributed by atoms with van der Waals surface area (Å²) in [5.74, 6) is 0.552. The first kappa shape index (κ1) is 23.7. The van der Waals surface area contributed by atoms with E-state index in [0.29, 0.717) is 25.1 Å². The molecule has 186 valence electrons. The van der Waals surface area contributed by atoms with Crippen LogP contribution in [0.1, 0.15) is 65.5 Å². The lowest BCUT2D eigenvalue weighted by atomic mass is 9.40. The Balaban J connectivity index is 1.83. The first-order valence-electron chi connectivity index (χ1n) is 12.6. The molecule has 1 saturated heterocycles. The van der Waals surface area contributed by atoms with Gasteiger partial charge in [0.1, 0.15) is 12.2 Å². The normalized spacial score (nSPS) is 37.8. The van der Waals surface area contributed by atoms with Crippen molar-refractivity contribution in [1.82, 2.24) is 4.90 Å². The van der Waals surface area contributed by atoms with E-state index in [9.17, 15) is 15.0 Å². The zero-order chi connectivity index (χ0) is 24.8. The number of carbonyl (C=O) groups is 1. The highest BCUT2D eigenvalue weighted by molar-refractivity contribution is 5.75. The number of hydrogen-bond acceptors (Lipinski definition) is 5. The van der Waals surface area contributed by atoms with Crippen molar-refractivity contribution >= 4 is 5.91 Å². The van der Waals surface area contributed by atoms with Gasteiger partial charge in [0.15, 0.2) is 11.5 Å². The van der Waals surface area contributed by atoms with E-state index in [2.05, 4.69) is 32.9 Å². The smallest absolute Gasteiger partial charge is 0.219 e. The van der Waals surface area contributed by atoms with Crippen molar-refractivity contribution in [2.24, 2.45) is 16.7 Å². The molecule has 1 unspecified atom stereocenters. The molecule has 6 heteroatoms. The standard InChI is InChI=1S/C28H39NO5/c1-8-11-27-15-18(26(6,32)25(3,4)5)22(33-7)24-28(27)12-13-29(16(2)30)20(27)14-17-9-10-19(31)23(34-24)21(17)28/h8-11,18,20,22,24,31-32H,12-15H2,1-7H3/b11-8+/t18-,20-,22?,24-,26+,27+,28-/m1/s1. The first-order chi connectivity index (χ1) is 15.9. The third kappa shape index (κ3) is 2.62. The molecule has 1 saturated carbocycles. The summed E-state index contributed by atoms with van der Waals surface area (Å²) in [6, 6.07) is 3.65. The summed E-state index contributed by atoms with van der Waals surface area (Å²) in [6.45, 7) is 12.4. The number of amides is 1. The van der Waals surface area contributed by atoms with Crippen molar-refractivity contribution < 1.29 is 24.5 Å². The van der Waals surface area contributed by atoms with Crippen molar-refractivity contribution in [3.8, 4) is 11.5 Å². The van der Waals surface area contributed by atoms with Gasteiger partial charge in [0.2, 0.25) is 5.91 Å². The van der Waals surface area contributed by atoms with Crippen LogP contribution >= 0.6 is 0 Å². The Kier molecular flexibility index (Phi) is 5.04. The highest BCUT2D eigenvalue weighted by Gasteiger charge is 2.75. The zero-order valence-electron chi connectivity index (χ0n) is 21.5. The topological polar surface area (TPSA) is 79.2 Å². The fourth-order valence-corrected chi connectivity index (χ4v) is 8.01. The molecule has 1 amide bonds. The van der Waals surface area contributed by atoms with Crippen LogP contribution in [0.2, 0.25) is 0 Å². The molecule has 0 radical (unpaired) electrons. The van der Waals surface area contributed by atoms with Gasteiger partial charge in [-0.3, -0.25) is 4.79 Å². The maximum Gasteiger partial charge on any atom is 0.219 e. The van der Waals surface area contributed by atoms with E-state index in [1.54, 1.807) is 20.1 Å². The third-order valence-corrected chi connectivity index (χ3v) is 10.00. The molecule has 6 nitrogen and oxygen atoms in total. The number of allylic oxidation sites excluding steroid dienone is 1. The number of likely N-dealkylation sites (tertiary alicyclic amines) is 1. The minimum Gasteiger partial charge on any atom is -0.504 e. The molecule has 2 aliphatic heterocycles. The Morgan fingerprint density at radius 1 is 1.29 bits per heavy atom. The zero-order valence-corrected chi connectivity index (χ0v) is 21.5. The average molecular weight is 470 g/mol. The first-order valence-corrected chi connectivity index (χ1v) is 12.6. The van der Waals surface area contributed by atoms with Gasteiger partial charge in [-0.2, -0.15) is 0 Å². The summed E-state index contributed by atoms with van der Waals surface area (Å²) >= 11 is 0. The number of carbonyl (C=O) groups excluding carboxylic acids is 1. The molecule has 0 aromatic heterocycles. The van der Waals surface area contributed by atoms with E-state index in [0.717, 1.165) is 17.5 Å². The number of piperidine rings is 1. The summed E-state index contributed by atoms with van der Waals surface area (Å²) in [6.07, 6.45) is 5.73. The van der Waals surface area contributed by atoms with Gasteiger partial charge in [0.05, 0.1) is 11.0 Å². The molecular formula is C28H39NO5. The van der Waals surface area contributed by atoms with E-state index in [1.165, 1.54) is 0 Å². The number of hydrogen-bond donors (Lipinski definition) is 2. The second-order valence-electron chi connectivity index (χ2n) is 12.1. The Labute approximate surface area is 202 Å². The minimum atomic E-state index is -1.06. The largest absolute Gasteiger partial charge is 0.504 e. The lowest BCUT2D eigenvalue weighted by Crippen LogP contribution is -2.76. The predicted molar refractivity (Wildman–Crippen MR) is 130 cm³/mol. The Hall–Kier alpha value is -2.05. The van der Waals surface area contributed by atoms with Crippen LogP contribution in [0, 0.1) is 16.7 Å². The molecule has 7 atom stereocenters. The molecule has 2 heterocycles. The molecule has 4 aliphatic rings. The SMILES string of the molecule is C/C=C/[C@@]12C[C@@H]([C@](C)(O)C(C)(C)C)C(OC)[C@H]3Oc4c(O)ccc5c4[C@]31CCN(C(C)=O)[C@@H]2C5. The molecule has 1 spiro atoms. The predicted octanol–water partition coefficient (Wildman–Crippen LogP) is 3.96. The monoisotopic (exact) mass is 469 g/mol. The second kappa shape index (κ2) is 7.23. The highest BCUT2D eigenvalue weighted by atomic mass is 16.5. The second-order valence-corrected chi connectivity index (χ2v) is 12.1. The Morgan fingerprint density at radius 3 is 2.59 bits per heavy atom. The van der Waals surface area contributed by atoms with Gasteiger partial charge < -0.3 is 24.6 Å². The third-order valence-electron chi connectivity index (χ3n) is 10.00. The van der Waals surface area contributed by atoms with E-state index in [-0.39, 0.29) is 35.8 Å². The van der Waals surface area contributed by atoms with Crippen LogP contribution in [-0.2, 0) is 21.4 Å². The average Bonchev–Trinajstić information content (AvgIpc) is 3.09. The van der Waals surface area contributed by atoms with Gasteiger partial charge in [-0.25, -0.2) is 0 Å². The quantitative estimate of drug-likeness (QED) is 0.655. The van der Waals surface area contributed by atoms with Crippen molar-refractivity contribution in [3.05, 3.63) is 35.4 Å². The molecule has 1 aromatic carbocycles. The summed E-state index contributed by atoms with van der Waals surface area (Å²) < 4.78 is 12.9. The van der Waals surface area contributed by atoms with Gasteiger partial charge in [-0.05, 0) is 50.2 Å². The van der Waals surface area contributed by atoms with Crippen molar-refractivity contribution in [2.45, 2.75) is 90.1 Å². The van der Waals surface area contributed by atoms with Gasteiger partial charge >= 0.3 is 0 Å². The summed E-state index contributed by atoms with van der Waals surface area (Å²) in [4.78, 5) is 14.9. The van der Waals surface area contributed by atoms with Crippen molar-refractivity contribution in [3.63, 3.8) is 0 Å². The fourth-order valence-electron chi connectivity index (χ4n) is 8.01.